The van der Waals surface area contributed by atoms with Crippen molar-refractivity contribution in [3.05, 3.63) is 60.6 Å². The molecule has 4 rings (SSSR count). The van der Waals surface area contributed by atoms with Crippen LogP contribution in [-0.4, -0.2) is 86.0 Å². The van der Waals surface area contributed by atoms with Crippen molar-refractivity contribution < 1.29 is 46.4 Å². The van der Waals surface area contributed by atoms with Gasteiger partial charge in [0.15, 0.2) is 18.3 Å². The highest BCUT2D eigenvalue weighted by atomic mass is 19.4. The van der Waals surface area contributed by atoms with Gasteiger partial charge >= 0.3 is 12.7 Å². The number of imidazole rings is 1. The predicted octanol–water partition coefficient (Wildman–Crippen LogP) is 4.10. The molecular weight excluding hydrogens is 535 g/mol. The summed E-state index contributed by atoms with van der Waals surface area (Å²) >= 11 is 0. The molecule has 1 aromatic heterocycles. The molecule has 3 aromatic rings. The van der Waals surface area contributed by atoms with Gasteiger partial charge in [0, 0.05) is 51.3 Å². The molecule has 0 unspecified atom stereocenters. The van der Waals surface area contributed by atoms with Crippen LogP contribution in [0.3, 0.4) is 0 Å². The Morgan fingerprint density at radius 3 is 2.27 bits per heavy atom. The summed E-state index contributed by atoms with van der Waals surface area (Å²) in [4.78, 5) is 10.2. The molecule has 1 N–H and O–H groups in total. The summed E-state index contributed by atoms with van der Waals surface area (Å²) < 4.78 is 69.7. The number of aliphatic hydroxyl groups is 2. The second kappa shape index (κ2) is 12.7. The van der Waals surface area contributed by atoms with Crippen LogP contribution in [0, 0.1) is 0 Å². The lowest BCUT2D eigenvalue weighted by atomic mass is 9.99. The molecule has 2 aromatic carbocycles. The first kappa shape index (κ1) is 29.3. The molecule has 13 heteroatoms. The van der Waals surface area contributed by atoms with Gasteiger partial charge in [-0.3, -0.25) is 0 Å². The van der Waals surface area contributed by atoms with Crippen LogP contribution in [0.2, 0.25) is 0 Å². The average molecular weight is 567 g/mol. The van der Waals surface area contributed by atoms with Crippen LogP contribution in [-0.2, 0) is 19.0 Å². The van der Waals surface area contributed by atoms with E-state index in [4.69, 9.17) is 23.8 Å². The van der Waals surface area contributed by atoms with E-state index < -0.39 is 24.9 Å². The zero-order valence-corrected chi connectivity index (χ0v) is 22.5. The minimum atomic E-state index is -4.75. The molecule has 0 amide bonds. The second-order valence-electron chi connectivity index (χ2n) is 8.89. The average Bonchev–Trinajstić information content (AvgIpc) is 3.42. The van der Waals surface area contributed by atoms with Crippen molar-refractivity contribution in [1.29, 1.82) is 0 Å². The number of hydrogen-bond donors (Lipinski definition) is 0. The monoisotopic (exact) mass is 566 g/mol. The van der Waals surface area contributed by atoms with Gasteiger partial charge in [-0.15, -0.1) is 13.2 Å². The highest BCUT2D eigenvalue weighted by molar-refractivity contribution is 5.85. The molecule has 2 heterocycles. The van der Waals surface area contributed by atoms with Crippen LogP contribution in [0.5, 0.6) is 11.5 Å². The fraction of sp³-hybridized carbons (Fsp3) is 0.407. The van der Waals surface area contributed by atoms with E-state index in [1.165, 1.54) is 30.5 Å². The molecule has 0 aliphatic carbocycles. The lowest BCUT2D eigenvalue weighted by Crippen LogP contribution is -2.60. The van der Waals surface area contributed by atoms with Crippen molar-refractivity contribution in [2.24, 2.45) is 5.16 Å². The number of aromatic nitrogens is 2. The van der Waals surface area contributed by atoms with Gasteiger partial charge < -0.3 is 37.8 Å². The molecular formula is C27H31F3N3O7+. The van der Waals surface area contributed by atoms with Gasteiger partial charge in [-0.05, 0) is 42.5 Å². The van der Waals surface area contributed by atoms with Crippen molar-refractivity contribution in [1.82, 2.24) is 9.55 Å². The van der Waals surface area contributed by atoms with Crippen molar-refractivity contribution in [3.8, 4) is 28.4 Å². The summed E-state index contributed by atoms with van der Waals surface area (Å²) in [5, 5.41) is 4.15. The van der Waals surface area contributed by atoms with E-state index in [2.05, 4.69) is 19.6 Å². The number of methoxy groups -OCH3 is 4. The maximum atomic E-state index is 12.4. The van der Waals surface area contributed by atoms with E-state index in [9.17, 15) is 13.2 Å². The number of halogens is 3. The van der Waals surface area contributed by atoms with E-state index in [0.717, 1.165) is 5.56 Å². The van der Waals surface area contributed by atoms with Gasteiger partial charge in [0.05, 0.1) is 25.3 Å². The molecule has 216 valence electrons. The Balaban J connectivity index is 1.50. The Morgan fingerprint density at radius 1 is 0.950 bits per heavy atom. The summed E-state index contributed by atoms with van der Waals surface area (Å²) in [6, 6.07) is 10.9. The first-order chi connectivity index (χ1) is 19.2. The molecule has 1 aliphatic rings. The largest absolute Gasteiger partial charge is 0.573 e. The van der Waals surface area contributed by atoms with Crippen LogP contribution in [0.4, 0.5) is 13.2 Å². The number of ether oxygens (including phenoxy) is 6. The summed E-state index contributed by atoms with van der Waals surface area (Å²) in [6.45, 7) is 1.91. The number of hydrogen-bond acceptors (Lipinski definition) is 8. The van der Waals surface area contributed by atoms with Crippen molar-refractivity contribution >= 4 is 6.21 Å². The van der Waals surface area contributed by atoms with Crippen molar-refractivity contribution in [3.63, 3.8) is 0 Å². The van der Waals surface area contributed by atoms with E-state index in [-0.39, 0.29) is 18.0 Å². The smallest absolute Gasteiger partial charge is 0.496 e. The Labute approximate surface area is 229 Å². The summed E-state index contributed by atoms with van der Waals surface area (Å²) in [5.74, 6) is 0.253. The van der Waals surface area contributed by atoms with Gasteiger partial charge in [-0.25, -0.2) is 4.98 Å². The van der Waals surface area contributed by atoms with Gasteiger partial charge in [0.1, 0.15) is 17.6 Å². The molecule has 0 spiro atoms. The summed E-state index contributed by atoms with van der Waals surface area (Å²) in [6.07, 6.45) is -2.07. The summed E-state index contributed by atoms with van der Waals surface area (Å²) in [5.41, 5.74) is 2.61. The number of rotatable bonds is 10. The third-order valence-corrected chi connectivity index (χ3v) is 6.44. The van der Waals surface area contributed by atoms with Crippen LogP contribution in [0.1, 0.15) is 12.5 Å². The standard InChI is InChI=1S/C27H30F3N3O7/c1-16-23(35-3)24(36-4)25(37-5)26(38-16)40-32-13-18-12-17(6-11-22(18)34-2)21-14-33(15-31-21)19-7-9-20(10-8-19)39-27(28,29)30/h6-16,23-26H,1-5H3/p+1/b32-13+/t16-,23-,24+,25+,26-/m0/s1. The molecule has 1 aliphatic heterocycles. The first-order valence-electron chi connectivity index (χ1n) is 12.2. The molecule has 1 saturated heterocycles. The fourth-order valence-corrected chi connectivity index (χ4v) is 4.54. The lowest BCUT2D eigenvalue weighted by molar-refractivity contribution is -0.371. The van der Waals surface area contributed by atoms with Gasteiger partial charge in [-0.2, -0.15) is 0 Å². The quantitative estimate of drug-likeness (QED) is 0.207. The molecule has 0 radical (unpaired) electrons. The van der Waals surface area contributed by atoms with E-state index in [1.807, 2.05) is 19.1 Å². The van der Waals surface area contributed by atoms with Crippen LogP contribution < -0.4 is 9.47 Å². The molecule has 1 fully saturated rings. The minimum Gasteiger partial charge on any atom is -0.496 e. The maximum absolute atomic E-state index is 12.4. The Hall–Kier alpha value is -3.65. The molecule has 10 nitrogen and oxygen atoms in total. The minimum absolute atomic E-state index is 0.206. The van der Waals surface area contributed by atoms with E-state index >= 15 is 0 Å². The third-order valence-electron chi connectivity index (χ3n) is 6.44. The third kappa shape index (κ3) is 6.73. The molecule has 40 heavy (non-hydrogen) atoms. The van der Waals surface area contributed by atoms with E-state index in [0.29, 0.717) is 22.7 Å². The number of alkyl halides is 3. The lowest BCUT2D eigenvalue weighted by Gasteiger charge is -2.39. The second-order valence-corrected chi connectivity index (χ2v) is 8.89. The molecule has 0 bridgehead atoms. The summed E-state index contributed by atoms with van der Waals surface area (Å²) in [7, 11) is 6.27. The van der Waals surface area contributed by atoms with Gasteiger partial charge in [0.2, 0.25) is 0 Å². The normalized spacial score (nSPS) is 23.4. The Morgan fingerprint density at radius 2 is 1.65 bits per heavy atom. The predicted molar refractivity (Wildman–Crippen MR) is 139 cm³/mol. The number of benzene rings is 2. The van der Waals surface area contributed by atoms with Crippen LogP contribution in [0.25, 0.3) is 16.9 Å². The maximum Gasteiger partial charge on any atom is 0.573 e. The highest BCUT2D eigenvalue weighted by Gasteiger charge is 2.51. The zero-order chi connectivity index (χ0) is 28.9. The van der Waals surface area contributed by atoms with Crippen LogP contribution in [0.15, 0.2) is 60.1 Å². The Kier molecular flexibility index (Phi) is 9.30. The highest BCUT2D eigenvalue weighted by Crippen LogP contribution is 2.28. The van der Waals surface area contributed by atoms with E-state index in [1.54, 1.807) is 51.6 Å². The number of nitrogens with zero attached hydrogens (tertiary/aromatic N) is 3. The van der Waals surface area contributed by atoms with Gasteiger partial charge in [0.25, 0.3) is 0 Å². The topological polar surface area (TPSA) is 98.4 Å². The van der Waals surface area contributed by atoms with Crippen molar-refractivity contribution in [2.45, 2.75) is 44.0 Å². The fourth-order valence-electron chi connectivity index (χ4n) is 4.54. The Bertz CT molecular complexity index is 1280. The number of oxime groups is 1. The van der Waals surface area contributed by atoms with Gasteiger partial charge in [-0.1, -0.05) is 5.16 Å². The molecule has 0 saturated carbocycles. The zero-order valence-electron chi connectivity index (χ0n) is 22.5. The SMILES string of the molecule is COc1ccc(-c2cn(-c3ccc(OC(F)(F)F)cc3)cn2)cc1/C=N/O[C@@H]1[OH+][C@@H](C)[C@H](OC)[C@@H](OC)[C@H]1OC. The van der Waals surface area contributed by atoms with Crippen LogP contribution >= 0.6 is 0 Å². The molecule has 5 atom stereocenters. The first-order valence-corrected chi connectivity index (χ1v) is 12.2. The van der Waals surface area contributed by atoms with Crippen molar-refractivity contribution in [2.75, 3.05) is 28.4 Å².